The standard InChI is InChI=1S/C7H13NO2/c1-5(2)6(9)10-7(3,4)8/h1,8H2,2-4H3. The molecule has 0 spiro atoms. The molecule has 0 amide bonds. The summed E-state index contributed by atoms with van der Waals surface area (Å²) in [7, 11) is 0. The van der Waals surface area contributed by atoms with E-state index in [-0.39, 0.29) is 0 Å². The van der Waals surface area contributed by atoms with Gasteiger partial charge in [-0.05, 0) is 20.8 Å². The number of carbonyl (C=O) groups excluding carboxylic acids is 1. The molecule has 0 aliphatic heterocycles. The molecule has 0 saturated heterocycles. The van der Waals surface area contributed by atoms with Gasteiger partial charge in [-0.15, -0.1) is 0 Å². The molecule has 10 heavy (non-hydrogen) atoms. The number of hydrogen-bond donors (Lipinski definition) is 1. The van der Waals surface area contributed by atoms with Crippen molar-refractivity contribution in [1.82, 2.24) is 0 Å². The summed E-state index contributed by atoms with van der Waals surface area (Å²) in [5, 5.41) is 0. The summed E-state index contributed by atoms with van der Waals surface area (Å²) in [6.07, 6.45) is 0. The lowest BCUT2D eigenvalue weighted by Gasteiger charge is -2.18. The fourth-order valence-electron chi connectivity index (χ4n) is 0.326. The Morgan fingerprint density at radius 3 is 2.10 bits per heavy atom. The van der Waals surface area contributed by atoms with Crippen molar-refractivity contribution in [3.05, 3.63) is 12.2 Å². The number of nitrogens with two attached hydrogens (primary N) is 1. The largest absolute Gasteiger partial charge is 0.441 e. The lowest BCUT2D eigenvalue weighted by atomic mass is 10.3. The van der Waals surface area contributed by atoms with Gasteiger partial charge in [-0.25, -0.2) is 4.79 Å². The van der Waals surface area contributed by atoms with Gasteiger partial charge in [-0.1, -0.05) is 6.58 Å². The summed E-state index contributed by atoms with van der Waals surface area (Å²) in [4.78, 5) is 10.8. The normalized spacial score (nSPS) is 10.8. The maximum atomic E-state index is 10.8. The topological polar surface area (TPSA) is 52.3 Å². The van der Waals surface area contributed by atoms with Crippen LogP contribution in [0.4, 0.5) is 0 Å². The number of rotatable bonds is 2. The smallest absolute Gasteiger partial charge is 0.334 e. The van der Waals surface area contributed by atoms with E-state index in [2.05, 4.69) is 6.58 Å². The van der Waals surface area contributed by atoms with Gasteiger partial charge in [0.15, 0.2) is 5.72 Å². The Hall–Kier alpha value is -0.830. The fourth-order valence-corrected chi connectivity index (χ4v) is 0.326. The van der Waals surface area contributed by atoms with Gasteiger partial charge in [0.05, 0.1) is 0 Å². The molecule has 0 radical (unpaired) electrons. The summed E-state index contributed by atoms with van der Waals surface area (Å²) in [5.74, 6) is -0.451. The van der Waals surface area contributed by atoms with E-state index in [1.54, 1.807) is 20.8 Å². The van der Waals surface area contributed by atoms with Gasteiger partial charge < -0.3 is 4.74 Å². The summed E-state index contributed by atoms with van der Waals surface area (Å²) < 4.78 is 4.74. The van der Waals surface area contributed by atoms with Gasteiger partial charge >= 0.3 is 5.97 Å². The predicted molar refractivity (Wildman–Crippen MR) is 39.2 cm³/mol. The number of ether oxygens (including phenoxy) is 1. The van der Waals surface area contributed by atoms with Crippen LogP contribution in [0.3, 0.4) is 0 Å². The summed E-state index contributed by atoms with van der Waals surface area (Å²) in [6, 6.07) is 0. The van der Waals surface area contributed by atoms with Gasteiger partial charge in [-0.3, -0.25) is 5.73 Å². The van der Waals surface area contributed by atoms with E-state index in [0.717, 1.165) is 0 Å². The average Bonchev–Trinajstić information content (AvgIpc) is 1.60. The highest BCUT2D eigenvalue weighted by Gasteiger charge is 2.16. The van der Waals surface area contributed by atoms with E-state index in [1.165, 1.54) is 0 Å². The minimum atomic E-state index is -0.907. The van der Waals surface area contributed by atoms with Gasteiger partial charge in [0.25, 0.3) is 0 Å². The third-order valence-corrected chi connectivity index (χ3v) is 0.704. The predicted octanol–water partition coefficient (Wildman–Crippen LogP) is 0.800. The van der Waals surface area contributed by atoms with Crippen LogP contribution in [0.15, 0.2) is 12.2 Å². The van der Waals surface area contributed by atoms with Gasteiger partial charge in [-0.2, -0.15) is 0 Å². The Balaban J connectivity index is 3.93. The van der Waals surface area contributed by atoms with Crippen LogP contribution in [0, 0.1) is 0 Å². The average molecular weight is 143 g/mol. The SMILES string of the molecule is C=C(C)C(=O)OC(C)(C)N. The Bertz CT molecular complexity index is 155. The van der Waals surface area contributed by atoms with Crippen LogP contribution in [0.2, 0.25) is 0 Å². The Labute approximate surface area is 60.9 Å². The van der Waals surface area contributed by atoms with Crippen molar-refractivity contribution in [2.45, 2.75) is 26.5 Å². The molecule has 0 saturated carbocycles. The monoisotopic (exact) mass is 143 g/mol. The first kappa shape index (κ1) is 9.17. The second kappa shape index (κ2) is 2.84. The zero-order chi connectivity index (χ0) is 8.36. The van der Waals surface area contributed by atoms with Crippen LogP contribution in [-0.4, -0.2) is 11.7 Å². The lowest BCUT2D eigenvalue weighted by Crippen LogP contribution is -2.37. The molecule has 0 fully saturated rings. The fraction of sp³-hybridized carbons (Fsp3) is 0.571. The summed E-state index contributed by atoms with van der Waals surface area (Å²) >= 11 is 0. The van der Waals surface area contributed by atoms with E-state index in [4.69, 9.17) is 10.5 Å². The van der Waals surface area contributed by atoms with E-state index in [0.29, 0.717) is 5.57 Å². The van der Waals surface area contributed by atoms with Gasteiger partial charge in [0, 0.05) is 5.57 Å². The third kappa shape index (κ3) is 4.09. The molecule has 58 valence electrons. The van der Waals surface area contributed by atoms with Crippen LogP contribution in [0.25, 0.3) is 0 Å². The molecule has 0 rings (SSSR count). The lowest BCUT2D eigenvalue weighted by molar-refractivity contribution is -0.150. The van der Waals surface area contributed by atoms with Gasteiger partial charge in [0.1, 0.15) is 0 Å². The minimum Gasteiger partial charge on any atom is -0.441 e. The summed E-state index contributed by atoms with van der Waals surface area (Å²) in [6.45, 7) is 8.20. The highest BCUT2D eigenvalue weighted by Crippen LogP contribution is 2.03. The molecule has 2 N–H and O–H groups in total. The van der Waals surface area contributed by atoms with Crippen molar-refractivity contribution in [2.24, 2.45) is 5.73 Å². The van der Waals surface area contributed by atoms with Crippen LogP contribution in [-0.2, 0) is 9.53 Å². The first-order valence-corrected chi connectivity index (χ1v) is 3.00. The molecule has 0 aliphatic carbocycles. The maximum Gasteiger partial charge on any atom is 0.334 e. The zero-order valence-electron chi connectivity index (χ0n) is 6.60. The Kier molecular flexibility index (Phi) is 2.60. The first-order chi connectivity index (χ1) is 4.33. The van der Waals surface area contributed by atoms with Crippen molar-refractivity contribution < 1.29 is 9.53 Å². The van der Waals surface area contributed by atoms with Crippen molar-refractivity contribution in [3.63, 3.8) is 0 Å². The first-order valence-electron chi connectivity index (χ1n) is 3.00. The molecule has 0 unspecified atom stereocenters. The molecule has 0 atom stereocenters. The van der Waals surface area contributed by atoms with Crippen molar-refractivity contribution in [1.29, 1.82) is 0 Å². The molecule has 3 heteroatoms. The van der Waals surface area contributed by atoms with Crippen molar-refractivity contribution in [2.75, 3.05) is 0 Å². The molecular formula is C7H13NO2. The molecule has 3 nitrogen and oxygen atoms in total. The second-order valence-corrected chi connectivity index (χ2v) is 2.77. The zero-order valence-corrected chi connectivity index (χ0v) is 6.60. The molecule has 0 aromatic carbocycles. The van der Waals surface area contributed by atoms with E-state index < -0.39 is 11.7 Å². The van der Waals surface area contributed by atoms with E-state index in [1.807, 2.05) is 0 Å². The molecule has 0 bridgehead atoms. The molecule has 0 aromatic heterocycles. The third-order valence-electron chi connectivity index (χ3n) is 0.704. The number of hydrogen-bond acceptors (Lipinski definition) is 3. The van der Waals surface area contributed by atoms with Crippen LogP contribution >= 0.6 is 0 Å². The number of esters is 1. The van der Waals surface area contributed by atoms with E-state index >= 15 is 0 Å². The van der Waals surface area contributed by atoms with Crippen LogP contribution in [0.1, 0.15) is 20.8 Å². The second-order valence-electron chi connectivity index (χ2n) is 2.77. The summed E-state index contributed by atoms with van der Waals surface area (Å²) in [5.41, 5.74) is 4.84. The molecule has 0 heterocycles. The maximum absolute atomic E-state index is 10.8. The number of carbonyl (C=O) groups is 1. The Morgan fingerprint density at radius 1 is 1.60 bits per heavy atom. The highest BCUT2D eigenvalue weighted by atomic mass is 16.6. The van der Waals surface area contributed by atoms with Crippen molar-refractivity contribution >= 4 is 5.97 Å². The van der Waals surface area contributed by atoms with Crippen LogP contribution in [0.5, 0.6) is 0 Å². The minimum absolute atomic E-state index is 0.360. The van der Waals surface area contributed by atoms with Crippen LogP contribution < -0.4 is 5.73 Å². The Morgan fingerprint density at radius 2 is 2.00 bits per heavy atom. The highest BCUT2D eigenvalue weighted by molar-refractivity contribution is 5.87. The van der Waals surface area contributed by atoms with E-state index in [9.17, 15) is 4.79 Å². The van der Waals surface area contributed by atoms with Crippen molar-refractivity contribution in [3.8, 4) is 0 Å². The molecular weight excluding hydrogens is 130 g/mol. The molecule has 0 aliphatic rings. The van der Waals surface area contributed by atoms with Gasteiger partial charge in [0.2, 0.25) is 0 Å². The quantitative estimate of drug-likeness (QED) is 0.353. The molecule has 0 aromatic rings.